The van der Waals surface area contributed by atoms with E-state index in [9.17, 15) is 0 Å². The van der Waals surface area contributed by atoms with Crippen LogP contribution in [-0.4, -0.2) is 27.0 Å². The molecule has 2 heterocycles. The number of aromatic nitrogens is 3. The zero-order chi connectivity index (χ0) is 19.0. The molecule has 0 bridgehead atoms. The fourth-order valence-electron chi connectivity index (χ4n) is 3.35. The number of thioether (sulfide) groups is 1. The average Bonchev–Trinajstić information content (AvgIpc) is 3.02. The van der Waals surface area contributed by atoms with Crippen LogP contribution in [-0.2, 0) is 0 Å². The van der Waals surface area contributed by atoms with Crippen molar-refractivity contribution in [1.29, 1.82) is 0 Å². The fraction of sp³-hybridized carbons (Fsp3) is 0.238. The molecule has 0 spiro atoms. The van der Waals surface area contributed by atoms with E-state index in [0.717, 1.165) is 16.6 Å². The number of benzene rings is 2. The molecule has 0 amide bonds. The van der Waals surface area contributed by atoms with Gasteiger partial charge in [-0.25, -0.2) is 0 Å². The Bertz CT molecular complexity index is 1140. The largest absolute Gasteiger partial charge is 0.491 e. The molecule has 4 nitrogen and oxygen atoms in total. The number of nitrogens with zero attached hydrogens (tertiary/aromatic N) is 3. The SMILES string of the molecule is Cc1cc(C)c2c(c1)c(C)cc1nnc(SCCOc3ccccc3Cl)n12. The molecular weight excluding hydrogens is 378 g/mol. The number of fused-ring (bicyclic) bond motifs is 3. The molecule has 4 rings (SSSR count). The lowest BCUT2D eigenvalue weighted by Crippen LogP contribution is -2.02. The van der Waals surface area contributed by atoms with Crippen molar-refractivity contribution in [2.24, 2.45) is 0 Å². The third-order valence-corrected chi connectivity index (χ3v) is 5.71. The minimum atomic E-state index is 0.547. The molecule has 6 heteroatoms. The Kier molecular flexibility index (Phi) is 4.98. The van der Waals surface area contributed by atoms with Crippen molar-refractivity contribution in [3.05, 3.63) is 64.2 Å². The van der Waals surface area contributed by atoms with Gasteiger partial charge in [0.15, 0.2) is 10.8 Å². The zero-order valence-electron chi connectivity index (χ0n) is 15.5. The lowest BCUT2D eigenvalue weighted by molar-refractivity contribution is 0.344. The molecule has 0 aliphatic rings. The van der Waals surface area contributed by atoms with E-state index in [1.165, 1.54) is 27.6 Å². The van der Waals surface area contributed by atoms with Gasteiger partial charge < -0.3 is 4.74 Å². The first-order valence-electron chi connectivity index (χ1n) is 8.80. The first-order chi connectivity index (χ1) is 13.0. The van der Waals surface area contributed by atoms with Gasteiger partial charge in [-0.05, 0) is 56.2 Å². The first kappa shape index (κ1) is 18.1. The van der Waals surface area contributed by atoms with Crippen LogP contribution in [0, 0.1) is 20.8 Å². The standard InChI is InChI=1S/C21H20ClN3OS/c1-13-10-15(3)20-16(11-13)14(2)12-19-23-24-21(25(19)20)27-9-8-26-18-7-5-4-6-17(18)22/h4-7,10-12H,8-9H2,1-3H3. The lowest BCUT2D eigenvalue weighted by Gasteiger charge is -2.11. The van der Waals surface area contributed by atoms with E-state index in [1.54, 1.807) is 11.8 Å². The monoisotopic (exact) mass is 397 g/mol. The second-order valence-electron chi connectivity index (χ2n) is 6.61. The van der Waals surface area contributed by atoms with Crippen molar-refractivity contribution >= 4 is 39.9 Å². The summed E-state index contributed by atoms with van der Waals surface area (Å²) in [7, 11) is 0. The van der Waals surface area contributed by atoms with Gasteiger partial charge in [0, 0.05) is 11.1 Å². The van der Waals surface area contributed by atoms with Crippen molar-refractivity contribution in [1.82, 2.24) is 14.6 Å². The molecule has 138 valence electrons. The van der Waals surface area contributed by atoms with Crippen molar-refractivity contribution in [2.45, 2.75) is 25.9 Å². The molecule has 2 aromatic carbocycles. The van der Waals surface area contributed by atoms with Gasteiger partial charge in [0.05, 0.1) is 17.1 Å². The van der Waals surface area contributed by atoms with Crippen LogP contribution < -0.4 is 4.74 Å². The van der Waals surface area contributed by atoms with Crippen LogP contribution in [0.3, 0.4) is 0 Å². The molecule has 27 heavy (non-hydrogen) atoms. The first-order valence-corrected chi connectivity index (χ1v) is 10.2. The van der Waals surface area contributed by atoms with Crippen LogP contribution in [0.5, 0.6) is 5.75 Å². The molecule has 4 aromatic rings. The maximum Gasteiger partial charge on any atom is 0.196 e. The Morgan fingerprint density at radius 2 is 1.85 bits per heavy atom. The quantitative estimate of drug-likeness (QED) is 0.323. The lowest BCUT2D eigenvalue weighted by atomic mass is 10.0. The Balaban J connectivity index is 1.61. The number of halogens is 1. The molecule has 0 aliphatic heterocycles. The van der Waals surface area contributed by atoms with Crippen molar-refractivity contribution in [2.75, 3.05) is 12.4 Å². The predicted octanol–water partition coefficient (Wildman–Crippen LogP) is 5.63. The third-order valence-electron chi connectivity index (χ3n) is 4.51. The summed E-state index contributed by atoms with van der Waals surface area (Å²) in [5, 5.41) is 11.5. The highest BCUT2D eigenvalue weighted by molar-refractivity contribution is 7.99. The van der Waals surface area contributed by atoms with E-state index >= 15 is 0 Å². The van der Waals surface area contributed by atoms with Gasteiger partial charge in [-0.2, -0.15) is 0 Å². The molecule has 0 radical (unpaired) electrons. The predicted molar refractivity (Wildman–Crippen MR) is 112 cm³/mol. The van der Waals surface area contributed by atoms with Gasteiger partial charge in [-0.3, -0.25) is 4.40 Å². The summed E-state index contributed by atoms with van der Waals surface area (Å²) in [5.74, 6) is 1.46. The fourth-order valence-corrected chi connectivity index (χ4v) is 4.31. The maximum atomic E-state index is 6.13. The van der Waals surface area contributed by atoms with E-state index in [2.05, 4.69) is 53.6 Å². The van der Waals surface area contributed by atoms with Gasteiger partial charge in [0.2, 0.25) is 0 Å². The summed E-state index contributed by atoms with van der Waals surface area (Å²) >= 11 is 7.77. The number of aryl methyl sites for hydroxylation is 3. The third kappa shape index (κ3) is 3.49. The smallest absolute Gasteiger partial charge is 0.196 e. The molecule has 0 aliphatic carbocycles. The van der Waals surface area contributed by atoms with Crippen molar-refractivity contribution in [3.63, 3.8) is 0 Å². The average molecular weight is 398 g/mol. The summed E-state index contributed by atoms with van der Waals surface area (Å²) in [6.45, 7) is 6.94. The highest BCUT2D eigenvalue weighted by Gasteiger charge is 2.14. The summed E-state index contributed by atoms with van der Waals surface area (Å²) in [5.41, 5.74) is 5.76. The van der Waals surface area contributed by atoms with E-state index in [1.807, 2.05) is 24.3 Å². The number of pyridine rings is 1. The normalized spacial score (nSPS) is 11.4. The van der Waals surface area contributed by atoms with E-state index in [4.69, 9.17) is 16.3 Å². The summed E-state index contributed by atoms with van der Waals surface area (Å²) in [4.78, 5) is 0. The number of ether oxygens (including phenoxy) is 1. The molecule has 0 unspecified atom stereocenters. The van der Waals surface area contributed by atoms with Gasteiger partial charge in [-0.15, -0.1) is 10.2 Å². The van der Waals surface area contributed by atoms with Gasteiger partial charge in [0.25, 0.3) is 0 Å². The summed E-state index contributed by atoms with van der Waals surface area (Å²) < 4.78 is 7.93. The van der Waals surface area contributed by atoms with Crippen LogP contribution in [0.15, 0.2) is 47.6 Å². The van der Waals surface area contributed by atoms with Crippen molar-refractivity contribution in [3.8, 4) is 5.75 Å². The highest BCUT2D eigenvalue weighted by atomic mass is 35.5. The van der Waals surface area contributed by atoms with Crippen LogP contribution in [0.4, 0.5) is 0 Å². The van der Waals surface area contributed by atoms with E-state index in [0.29, 0.717) is 17.4 Å². The van der Waals surface area contributed by atoms with Gasteiger partial charge in [-0.1, -0.05) is 47.1 Å². The topological polar surface area (TPSA) is 39.4 Å². The molecule has 0 fully saturated rings. The zero-order valence-corrected chi connectivity index (χ0v) is 17.1. The van der Waals surface area contributed by atoms with Crippen LogP contribution in [0.2, 0.25) is 5.02 Å². The van der Waals surface area contributed by atoms with Crippen LogP contribution in [0.1, 0.15) is 16.7 Å². The number of rotatable bonds is 5. The van der Waals surface area contributed by atoms with Crippen LogP contribution in [0.25, 0.3) is 16.6 Å². The van der Waals surface area contributed by atoms with Crippen LogP contribution >= 0.6 is 23.4 Å². The summed E-state index contributed by atoms with van der Waals surface area (Å²) in [6.07, 6.45) is 0. The second-order valence-corrected chi connectivity index (χ2v) is 8.08. The Labute approximate surface area is 167 Å². The van der Waals surface area contributed by atoms with Gasteiger partial charge in [0.1, 0.15) is 5.75 Å². The molecule has 2 aromatic heterocycles. The second kappa shape index (κ2) is 7.41. The minimum absolute atomic E-state index is 0.547. The Hall–Kier alpha value is -2.24. The molecule has 0 atom stereocenters. The number of hydrogen-bond acceptors (Lipinski definition) is 4. The molecule has 0 saturated heterocycles. The molecular formula is C21H20ClN3OS. The Morgan fingerprint density at radius 1 is 1.04 bits per heavy atom. The van der Waals surface area contributed by atoms with Gasteiger partial charge >= 0.3 is 0 Å². The summed E-state index contributed by atoms with van der Waals surface area (Å²) in [6, 6.07) is 14.0. The number of para-hydroxylation sites is 1. The highest BCUT2D eigenvalue weighted by Crippen LogP contribution is 2.29. The van der Waals surface area contributed by atoms with Crippen molar-refractivity contribution < 1.29 is 4.74 Å². The van der Waals surface area contributed by atoms with E-state index < -0.39 is 0 Å². The van der Waals surface area contributed by atoms with E-state index in [-0.39, 0.29) is 0 Å². The Morgan fingerprint density at radius 3 is 2.67 bits per heavy atom. The molecule has 0 N–H and O–H groups in total. The minimum Gasteiger partial charge on any atom is -0.491 e. The maximum absolute atomic E-state index is 6.13. The number of hydrogen-bond donors (Lipinski definition) is 0. The molecule has 0 saturated carbocycles.